The molecule has 0 saturated heterocycles. The number of amides is 1. The Kier molecular flexibility index (Phi) is 8.32. The normalized spacial score (nSPS) is 12.1. The number of ether oxygens (including phenoxy) is 1. The summed E-state index contributed by atoms with van der Waals surface area (Å²) in [7, 11) is -2.36. The summed E-state index contributed by atoms with van der Waals surface area (Å²) in [5.41, 5.74) is -0.709. The third-order valence-corrected chi connectivity index (χ3v) is 7.19. The van der Waals surface area contributed by atoms with E-state index in [0.717, 1.165) is 17.8 Å². The Morgan fingerprint density at radius 3 is 2.39 bits per heavy atom. The van der Waals surface area contributed by atoms with Crippen LogP contribution in [0.4, 0.5) is 18.9 Å². The molecule has 0 radical (unpaired) electrons. The van der Waals surface area contributed by atoms with Crippen molar-refractivity contribution in [2.45, 2.75) is 29.9 Å². The first kappa shape index (κ1) is 25.0. The second-order valence-corrected chi connectivity index (χ2v) is 9.10. The van der Waals surface area contributed by atoms with Crippen LogP contribution in [0.5, 0.6) is 5.75 Å². The number of thioether (sulfide) groups is 1. The predicted molar refractivity (Wildman–Crippen MR) is 112 cm³/mol. The highest BCUT2D eigenvalue weighted by Gasteiger charge is 2.30. The monoisotopic (exact) mass is 477 g/mol. The van der Waals surface area contributed by atoms with Gasteiger partial charge in [0.25, 0.3) is 0 Å². The number of nitrogens with zero attached hydrogens (tertiary/aromatic N) is 2. The Hall–Kier alpha value is -2.31. The van der Waals surface area contributed by atoms with Crippen molar-refractivity contribution in [1.82, 2.24) is 9.29 Å². The van der Waals surface area contributed by atoms with E-state index in [-0.39, 0.29) is 27.1 Å². The summed E-state index contributed by atoms with van der Waals surface area (Å²) in [5.74, 6) is -0.374. The van der Waals surface area contributed by atoms with E-state index in [4.69, 9.17) is 4.74 Å². The van der Waals surface area contributed by atoms with E-state index < -0.39 is 27.7 Å². The number of rotatable bonds is 9. The van der Waals surface area contributed by atoms with Gasteiger partial charge in [-0.2, -0.15) is 17.5 Å². The van der Waals surface area contributed by atoms with Crippen molar-refractivity contribution in [2.75, 3.05) is 31.3 Å². The third-order valence-electron chi connectivity index (χ3n) is 4.20. The first-order chi connectivity index (χ1) is 14.5. The molecule has 7 nitrogen and oxygen atoms in total. The van der Waals surface area contributed by atoms with Crippen LogP contribution in [-0.2, 0) is 21.0 Å². The molecule has 1 N–H and O–H groups in total. The second-order valence-electron chi connectivity index (χ2n) is 6.17. The second kappa shape index (κ2) is 10.3. The van der Waals surface area contributed by atoms with Gasteiger partial charge in [-0.05, 0) is 30.3 Å². The zero-order valence-electron chi connectivity index (χ0n) is 17.1. The lowest BCUT2D eigenvalue weighted by atomic mass is 10.3. The van der Waals surface area contributed by atoms with Crippen molar-refractivity contribution in [1.29, 1.82) is 0 Å². The number of halogens is 3. The SMILES string of the molecule is CCN(CC)S(=O)(=O)c1ccc(OC)c(NC(=O)CSc2ccc(C(F)(F)F)cn2)c1. The lowest BCUT2D eigenvalue weighted by Gasteiger charge is -2.19. The van der Waals surface area contributed by atoms with Crippen LogP contribution in [-0.4, -0.2) is 49.6 Å². The summed E-state index contributed by atoms with van der Waals surface area (Å²) in [6.45, 7) is 4.03. The summed E-state index contributed by atoms with van der Waals surface area (Å²) in [6.07, 6.45) is -3.79. The highest BCUT2D eigenvalue weighted by atomic mass is 32.2. The molecule has 0 saturated carbocycles. The van der Waals surface area contributed by atoms with Crippen LogP contribution in [0.25, 0.3) is 0 Å². The fourth-order valence-electron chi connectivity index (χ4n) is 2.62. The number of benzene rings is 1. The average Bonchev–Trinajstić information content (AvgIpc) is 2.72. The summed E-state index contributed by atoms with van der Waals surface area (Å²) < 4.78 is 69.7. The van der Waals surface area contributed by atoms with E-state index in [1.165, 1.54) is 35.7 Å². The van der Waals surface area contributed by atoms with Crippen LogP contribution in [0.15, 0.2) is 46.5 Å². The van der Waals surface area contributed by atoms with E-state index in [1.54, 1.807) is 13.8 Å². The minimum Gasteiger partial charge on any atom is -0.495 e. The maximum atomic E-state index is 12.7. The van der Waals surface area contributed by atoms with Gasteiger partial charge in [0, 0.05) is 19.3 Å². The molecule has 0 bridgehead atoms. The number of pyridine rings is 1. The molecule has 0 atom stereocenters. The van der Waals surface area contributed by atoms with Crippen LogP contribution >= 0.6 is 11.8 Å². The smallest absolute Gasteiger partial charge is 0.417 e. The number of anilines is 1. The van der Waals surface area contributed by atoms with Gasteiger partial charge in [0.15, 0.2) is 0 Å². The van der Waals surface area contributed by atoms with E-state index in [2.05, 4.69) is 10.3 Å². The Labute approximate surface area is 183 Å². The molecular weight excluding hydrogens is 455 g/mol. The topological polar surface area (TPSA) is 88.6 Å². The van der Waals surface area contributed by atoms with Crippen LogP contribution < -0.4 is 10.1 Å². The highest BCUT2D eigenvalue weighted by molar-refractivity contribution is 7.99. The third kappa shape index (κ3) is 6.34. The minimum absolute atomic E-state index is 0.00404. The predicted octanol–water partition coefficient (Wildman–Crippen LogP) is 3.87. The maximum Gasteiger partial charge on any atom is 0.417 e. The Balaban J connectivity index is 2.13. The number of nitrogens with one attached hydrogen (secondary N) is 1. The fourth-order valence-corrected chi connectivity index (χ4v) is 4.74. The van der Waals surface area contributed by atoms with Crippen molar-refractivity contribution in [3.8, 4) is 5.75 Å². The summed E-state index contributed by atoms with van der Waals surface area (Å²) in [4.78, 5) is 16.0. The Morgan fingerprint density at radius 1 is 1.19 bits per heavy atom. The zero-order chi connectivity index (χ0) is 23.2. The molecule has 0 aliphatic carbocycles. The molecule has 0 aliphatic rings. The van der Waals surface area contributed by atoms with Crippen LogP contribution in [0.2, 0.25) is 0 Å². The zero-order valence-corrected chi connectivity index (χ0v) is 18.7. The van der Waals surface area contributed by atoms with Gasteiger partial charge < -0.3 is 10.1 Å². The van der Waals surface area contributed by atoms with Crippen LogP contribution in [0, 0.1) is 0 Å². The number of methoxy groups -OCH3 is 1. The lowest BCUT2D eigenvalue weighted by Crippen LogP contribution is -2.30. The first-order valence-electron chi connectivity index (χ1n) is 9.17. The molecule has 2 aromatic rings. The minimum atomic E-state index is -4.49. The molecule has 0 unspecified atom stereocenters. The first-order valence-corrected chi connectivity index (χ1v) is 11.6. The van der Waals surface area contributed by atoms with Gasteiger partial charge in [-0.15, -0.1) is 0 Å². The van der Waals surface area contributed by atoms with Gasteiger partial charge in [-0.3, -0.25) is 4.79 Å². The molecule has 31 heavy (non-hydrogen) atoms. The van der Waals surface area contributed by atoms with Gasteiger partial charge in [0.2, 0.25) is 15.9 Å². The van der Waals surface area contributed by atoms with Crippen molar-refractivity contribution in [3.05, 3.63) is 42.1 Å². The van der Waals surface area contributed by atoms with Crippen LogP contribution in [0.1, 0.15) is 19.4 Å². The molecule has 0 aliphatic heterocycles. The molecule has 0 fully saturated rings. The van der Waals surface area contributed by atoms with Gasteiger partial charge in [0.05, 0.1) is 34.0 Å². The quantitative estimate of drug-likeness (QED) is 0.552. The van der Waals surface area contributed by atoms with E-state index in [1.807, 2.05) is 0 Å². The molecule has 1 aromatic heterocycles. The lowest BCUT2D eigenvalue weighted by molar-refractivity contribution is -0.137. The maximum absolute atomic E-state index is 12.7. The Morgan fingerprint density at radius 2 is 1.87 bits per heavy atom. The van der Waals surface area contributed by atoms with Gasteiger partial charge in [-0.25, -0.2) is 13.4 Å². The molecule has 1 amide bonds. The molecule has 1 aromatic carbocycles. The van der Waals surface area contributed by atoms with E-state index in [9.17, 15) is 26.4 Å². The summed E-state index contributed by atoms with van der Waals surface area (Å²) in [5, 5.41) is 2.82. The van der Waals surface area contributed by atoms with Gasteiger partial charge in [0.1, 0.15) is 5.75 Å². The molecule has 0 spiro atoms. The molecule has 12 heteroatoms. The van der Waals surface area contributed by atoms with Crippen molar-refractivity contribution < 1.29 is 31.1 Å². The van der Waals surface area contributed by atoms with Crippen molar-refractivity contribution in [3.63, 3.8) is 0 Å². The Bertz CT molecular complexity index is 1010. The highest BCUT2D eigenvalue weighted by Crippen LogP contribution is 2.31. The van der Waals surface area contributed by atoms with E-state index >= 15 is 0 Å². The number of sulfonamides is 1. The molecular formula is C19H22F3N3O4S2. The van der Waals surface area contributed by atoms with E-state index in [0.29, 0.717) is 19.3 Å². The molecule has 1 heterocycles. The number of hydrogen-bond acceptors (Lipinski definition) is 6. The average molecular weight is 478 g/mol. The molecule has 2 rings (SSSR count). The summed E-state index contributed by atoms with van der Waals surface area (Å²) in [6, 6.07) is 6.21. The number of carbonyl (C=O) groups is 1. The fraction of sp³-hybridized carbons (Fsp3) is 0.368. The number of aromatic nitrogens is 1. The van der Waals surface area contributed by atoms with Gasteiger partial charge in [-0.1, -0.05) is 25.6 Å². The number of carbonyl (C=O) groups excluding carboxylic acids is 1. The largest absolute Gasteiger partial charge is 0.495 e. The van der Waals surface area contributed by atoms with Crippen LogP contribution in [0.3, 0.4) is 0 Å². The number of alkyl halides is 3. The molecule has 170 valence electrons. The van der Waals surface area contributed by atoms with Gasteiger partial charge >= 0.3 is 6.18 Å². The van der Waals surface area contributed by atoms with Crippen molar-refractivity contribution >= 4 is 33.4 Å². The summed E-state index contributed by atoms with van der Waals surface area (Å²) >= 11 is 0.945. The van der Waals surface area contributed by atoms with Crippen molar-refractivity contribution in [2.24, 2.45) is 0 Å². The standard InChI is InChI=1S/C19H22F3N3O4S2/c1-4-25(5-2)31(27,28)14-7-8-16(29-3)15(10-14)24-17(26)12-30-18-9-6-13(11-23-18)19(20,21)22/h6-11H,4-5,12H2,1-3H3,(H,24,26). The number of hydrogen-bond donors (Lipinski definition) is 1.